The molecule has 0 unspecified atom stereocenters. The zero-order chi connectivity index (χ0) is 33.2. The van der Waals surface area contributed by atoms with E-state index in [2.05, 4.69) is 4.74 Å². The number of hydrogen-bond acceptors (Lipinski definition) is 2. The highest BCUT2D eigenvalue weighted by Crippen LogP contribution is 2.39. The van der Waals surface area contributed by atoms with Crippen LogP contribution < -0.4 is 4.74 Å². The van der Waals surface area contributed by atoms with Gasteiger partial charge in [0, 0.05) is 23.8 Å². The Hall–Kier alpha value is -4.77. The third-order valence-electron chi connectivity index (χ3n) is 7.12. The number of hydrogen-bond donors (Lipinski definition) is 0. The Kier molecular flexibility index (Phi) is 9.43. The lowest BCUT2D eigenvalue weighted by molar-refractivity contribution is -0.189. The number of benzene rings is 5. The van der Waals surface area contributed by atoms with Crippen LogP contribution in [0.5, 0.6) is 5.75 Å². The molecule has 11 heteroatoms. The Morgan fingerprint density at radius 2 is 1.04 bits per heavy atom. The van der Waals surface area contributed by atoms with E-state index in [1.165, 1.54) is 12.1 Å². The molecule has 0 aromatic heterocycles. The lowest BCUT2D eigenvalue weighted by Gasteiger charge is -2.20. The third kappa shape index (κ3) is 6.89. The first-order valence-corrected chi connectivity index (χ1v) is 13.9. The van der Waals surface area contributed by atoms with E-state index in [-0.39, 0.29) is 11.1 Å². The number of alkyl halides is 2. The molecular weight excluding hydrogens is 623 g/mol. The molecule has 0 aliphatic carbocycles. The van der Waals surface area contributed by atoms with E-state index < -0.39 is 69.3 Å². The Bertz CT molecular complexity index is 1840. The maximum absolute atomic E-state index is 15.1. The van der Waals surface area contributed by atoms with Gasteiger partial charge in [0.1, 0.15) is 34.6 Å². The first-order chi connectivity index (χ1) is 21.9. The summed E-state index contributed by atoms with van der Waals surface area (Å²) in [6, 6.07) is 15.2. The highest BCUT2D eigenvalue weighted by Gasteiger charge is 2.41. The minimum Gasteiger partial charge on any atom is -0.429 e. The van der Waals surface area contributed by atoms with Crippen molar-refractivity contribution < 1.29 is 49.0 Å². The lowest BCUT2D eigenvalue weighted by atomic mass is 9.97. The fraction of sp³-hybridized carbons (Fsp3) is 0.143. The SMILES string of the molecule is CCOCCc1ccc(-c2ccc(-c3cc(F)c(C(F)(F)Oc4ccc(-c5cc(F)c(F)c(F)c5)c(F)c4)c(F)c3)c(F)c2)cc1. The molecule has 0 saturated carbocycles. The highest BCUT2D eigenvalue weighted by molar-refractivity contribution is 5.71. The minimum absolute atomic E-state index is 0.253. The Morgan fingerprint density at radius 3 is 1.59 bits per heavy atom. The van der Waals surface area contributed by atoms with Crippen LogP contribution in [0, 0.1) is 40.7 Å². The maximum Gasteiger partial charge on any atom is 0.432 e. The summed E-state index contributed by atoms with van der Waals surface area (Å²) in [5.74, 6) is -11.6. The van der Waals surface area contributed by atoms with Crippen molar-refractivity contribution in [1.29, 1.82) is 0 Å². The lowest BCUT2D eigenvalue weighted by Crippen LogP contribution is -2.25. The molecular formula is C35H23F9O2. The monoisotopic (exact) mass is 646 g/mol. The molecule has 0 aliphatic rings. The fourth-order valence-electron chi connectivity index (χ4n) is 4.84. The van der Waals surface area contributed by atoms with Crippen LogP contribution in [0.2, 0.25) is 0 Å². The van der Waals surface area contributed by atoms with Gasteiger partial charge in [0.15, 0.2) is 17.5 Å². The van der Waals surface area contributed by atoms with Crippen LogP contribution in [0.4, 0.5) is 39.5 Å². The molecule has 0 saturated heterocycles. The molecule has 5 rings (SSSR count). The van der Waals surface area contributed by atoms with Crippen molar-refractivity contribution in [2.24, 2.45) is 0 Å². The summed E-state index contributed by atoms with van der Waals surface area (Å²) >= 11 is 0. The average Bonchev–Trinajstić information content (AvgIpc) is 2.99. The van der Waals surface area contributed by atoms with Gasteiger partial charge in [-0.3, -0.25) is 0 Å². The van der Waals surface area contributed by atoms with Gasteiger partial charge in [-0.05, 0) is 83.6 Å². The first-order valence-electron chi connectivity index (χ1n) is 13.9. The molecule has 0 fully saturated rings. The summed E-state index contributed by atoms with van der Waals surface area (Å²) in [7, 11) is 0. The van der Waals surface area contributed by atoms with E-state index in [1.807, 2.05) is 19.1 Å². The van der Waals surface area contributed by atoms with E-state index in [0.29, 0.717) is 61.1 Å². The molecule has 0 N–H and O–H groups in total. The summed E-state index contributed by atoms with van der Waals surface area (Å²) < 4.78 is 140. The Morgan fingerprint density at radius 1 is 0.543 bits per heavy atom. The van der Waals surface area contributed by atoms with Gasteiger partial charge >= 0.3 is 6.11 Å². The van der Waals surface area contributed by atoms with Gasteiger partial charge in [-0.25, -0.2) is 30.7 Å². The second kappa shape index (κ2) is 13.3. The quantitative estimate of drug-likeness (QED) is 0.0854. The van der Waals surface area contributed by atoms with Crippen LogP contribution in [-0.4, -0.2) is 13.2 Å². The van der Waals surface area contributed by atoms with Gasteiger partial charge in [-0.2, -0.15) is 8.78 Å². The van der Waals surface area contributed by atoms with Crippen LogP contribution in [0.3, 0.4) is 0 Å². The number of halogens is 9. The second-order valence-electron chi connectivity index (χ2n) is 10.2. The van der Waals surface area contributed by atoms with Gasteiger partial charge in [-0.15, -0.1) is 0 Å². The summed E-state index contributed by atoms with van der Waals surface area (Å²) in [5, 5.41) is 0. The molecule has 238 valence electrons. The van der Waals surface area contributed by atoms with Gasteiger partial charge < -0.3 is 9.47 Å². The Balaban J connectivity index is 1.36. The van der Waals surface area contributed by atoms with Crippen LogP contribution in [0.25, 0.3) is 33.4 Å². The van der Waals surface area contributed by atoms with E-state index in [9.17, 15) is 35.1 Å². The van der Waals surface area contributed by atoms with Crippen molar-refractivity contribution >= 4 is 0 Å². The van der Waals surface area contributed by atoms with E-state index in [0.717, 1.165) is 23.8 Å². The highest BCUT2D eigenvalue weighted by atomic mass is 19.3. The van der Waals surface area contributed by atoms with Crippen LogP contribution in [-0.2, 0) is 17.3 Å². The molecule has 0 heterocycles. The number of ether oxygens (including phenoxy) is 2. The second-order valence-corrected chi connectivity index (χ2v) is 10.2. The zero-order valence-corrected chi connectivity index (χ0v) is 23.9. The van der Waals surface area contributed by atoms with Gasteiger partial charge in [0.2, 0.25) is 0 Å². The average molecular weight is 647 g/mol. The molecule has 5 aromatic rings. The van der Waals surface area contributed by atoms with Crippen molar-refractivity contribution in [3.05, 3.63) is 137 Å². The van der Waals surface area contributed by atoms with E-state index in [4.69, 9.17) is 4.74 Å². The molecule has 0 spiro atoms. The predicted octanol–water partition coefficient (Wildman–Crippen LogP) is 10.4. The van der Waals surface area contributed by atoms with Gasteiger partial charge in [0.05, 0.1) is 6.61 Å². The summed E-state index contributed by atoms with van der Waals surface area (Å²) in [4.78, 5) is 0. The predicted molar refractivity (Wildman–Crippen MR) is 154 cm³/mol. The first kappa shape index (κ1) is 32.6. The zero-order valence-electron chi connectivity index (χ0n) is 23.9. The van der Waals surface area contributed by atoms with Crippen molar-refractivity contribution in [3.8, 4) is 39.1 Å². The minimum atomic E-state index is -4.67. The van der Waals surface area contributed by atoms with Crippen molar-refractivity contribution in [2.45, 2.75) is 19.5 Å². The molecule has 5 aromatic carbocycles. The smallest absolute Gasteiger partial charge is 0.429 e. The molecule has 0 radical (unpaired) electrons. The van der Waals surface area contributed by atoms with Crippen molar-refractivity contribution in [2.75, 3.05) is 13.2 Å². The number of rotatable bonds is 10. The molecule has 0 bridgehead atoms. The third-order valence-corrected chi connectivity index (χ3v) is 7.12. The topological polar surface area (TPSA) is 18.5 Å². The summed E-state index contributed by atoms with van der Waals surface area (Å²) in [6.07, 6.45) is -3.98. The molecule has 46 heavy (non-hydrogen) atoms. The summed E-state index contributed by atoms with van der Waals surface area (Å²) in [6.45, 7) is 3.05. The largest absolute Gasteiger partial charge is 0.432 e. The van der Waals surface area contributed by atoms with Gasteiger partial charge in [-0.1, -0.05) is 36.4 Å². The van der Waals surface area contributed by atoms with Gasteiger partial charge in [0.25, 0.3) is 0 Å². The van der Waals surface area contributed by atoms with Crippen LogP contribution >= 0.6 is 0 Å². The van der Waals surface area contributed by atoms with E-state index >= 15 is 4.39 Å². The summed E-state index contributed by atoms with van der Waals surface area (Å²) in [5.41, 5.74) is -1.19. The molecule has 2 nitrogen and oxygen atoms in total. The maximum atomic E-state index is 15.1. The van der Waals surface area contributed by atoms with Crippen LogP contribution in [0.15, 0.2) is 84.9 Å². The normalized spacial score (nSPS) is 11.6. The standard InChI is InChI=1S/C35H23F9O2/c1-2-45-12-11-19-3-5-20(6-4-19)21-7-9-25(27(36)13-21)22-14-29(38)33(30(39)15-22)35(43,44)46-24-8-10-26(28(37)18-24)23-16-31(40)34(42)32(41)17-23/h3-10,13-18H,2,11-12H2,1H3. The van der Waals surface area contributed by atoms with E-state index in [1.54, 1.807) is 12.1 Å². The fourth-order valence-corrected chi connectivity index (χ4v) is 4.84. The van der Waals surface area contributed by atoms with Crippen molar-refractivity contribution in [3.63, 3.8) is 0 Å². The molecule has 0 amide bonds. The molecule has 0 aliphatic heterocycles. The van der Waals surface area contributed by atoms with Crippen molar-refractivity contribution in [1.82, 2.24) is 0 Å². The molecule has 0 atom stereocenters. The Labute approximate surface area is 257 Å². The van der Waals surface area contributed by atoms with Crippen LogP contribution in [0.1, 0.15) is 18.1 Å².